The predicted molar refractivity (Wildman–Crippen MR) is 77.9 cm³/mol. The molecule has 1 heterocycles. The minimum absolute atomic E-state index is 0.0581. The van der Waals surface area contributed by atoms with Gasteiger partial charge in [-0.15, -0.1) is 0 Å². The Morgan fingerprint density at radius 3 is 2.76 bits per heavy atom. The summed E-state index contributed by atoms with van der Waals surface area (Å²) in [6, 6.07) is 4.03. The molecule has 1 aromatic rings. The van der Waals surface area contributed by atoms with E-state index in [0.29, 0.717) is 6.54 Å². The molecule has 0 saturated carbocycles. The van der Waals surface area contributed by atoms with Gasteiger partial charge >= 0.3 is 0 Å². The Kier molecular flexibility index (Phi) is 4.60. The number of nitrogens with zero attached hydrogens (tertiary/aromatic N) is 1. The molecule has 0 bridgehead atoms. The van der Waals surface area contributed by atoms with Crippen LogP contribution < -0.4 is 5.32 Å². The molecule has 114 valence electrons. The number of hydrogen-bond acceptors (Lipinski definition) is 2. The minimum Gasteiger partial charge on any atom is -0.342 e. The van der Waals surface area contributed by atoms with Gasteiger partial charge in [-0.2, -0.15) is 0 Å². The van der Waals surface area contributed by atoms with Gasteiger partial charge in [0.1, 0.15) is 11.9 Å². The van der Waals surface area contributed by atoms with E-state index in [1.807, 2.05) is 13.8 Å². The van der Waals surface area contributed by atoms with Crippen LogP contribution in [0.15, 0.2) is 18.2 Å². The Morgan fingerprint density at radius 2 is 2.14 bits per heavy atom. The first-order valence-electron chi connectivity index (χ1n) is 7.25. The van der Waals surface area contributed by atoms with Crippen molar-refractivity contribution in [2.75, 3.05) is 6.54 Å². The smallest absolute Gasteiger partial charge is 0.246 e. The predicted octanol–water partition coefficient (Wildman–Crippen LogP) is 2.01. The van der Waals surface area contributed by atoms with E-state index in [1.165, 1.54) is 12.1 Å². The second kappa shape index (κ2) is 6.24. The van der Waals surface area contributed by atoms with Gasteiger partial charge in [-0.05, 0) is 36.1 Å². The molecule has 1 fully saturated rings. The fourth-order valence-electron chi connectivity index (χ4n) is 2.53. The van der Waals surface area contributed by atoms with Gasteiger partial charge in [0.15, 0.2) is 0 Å². The third-order valence-corrected chi connectivity index (χ3v) is 4.11. The Bertz CT molecular complexity index is 559. The second-order valence-corrected chi connectivity index (χ2v) is 5.70. The van der Waals surface area contributed by atoms with Gasteiger partial charge in [0.2, 0.25) is 11.8 Å². The number of rotatable bonds is 4. The lowest BCUT2D eigenvalue weighted by molar-refractivity contribution is -0.146. The van der Waals surface area contributed by atoms with Gasteiger partial charge < -0.3 is 10.2 Å². The summed E-state index contributed by atoms with van der Waals surface area (Å²) in [5.41, 5.74) is 1.65. The van der Waals surface area contributed by atoms with Crippen LogP contribution in [0.1, 0.15) is 31.4 Å². The molecular formula is C16H21FN2O2. The fourth-order valence-corrected chi connectivity index (χ4v) is 2.53. The molecule has 1 N–H and O–H groups in total. The van der Waals surface area contributed by atoms with Crippen LogP contribution in [0.4, 0.5) is 4.39 Å². The quantitative estimate of drug-likeness (QED) is 0.923. The van der Waals surface area contributed by atoms with E-state index in [0.717, 1.165) is 17.5 Å². The van der Waals surface area contributed by atoms with Crippen molar-refractivity contribution in [2.24, 2.45) is 5.92 Å². The first-order valence-corrected chi connectivity index (χ1v) is 7.25. The van der Waals surface area contributed by atoms with Crippen LogP contribution in [0.5, 0.6) is 0 Å². The molecule has 5 heteroatoms. The van der Waals surface area contributed by atoms with E-state index >= 15 is 0 Å². The molecule has 0 radical (unpaired) electrons. The van der Waals surface area contributed by atoms with E-state index in [2.05, 4.69) is 5.32 Å². The maximum atomic E-state index is 13.1. The number of carbonyl (C=O) groups is 2. The molecule has 2 unspecified atom stereocenters. The molecule has 2 rings (SSSR count). The second-order valence-electron chi connectivity index (χ2n) is 5.70. The van der Waals surface area contributed by atoms with Crippen molar-refractivity contribution in [2.45, 2.75) is 39.8 Å². The maximum Gasteiger partial charge on any atom is 0.246 e. The largest absolute Gasteiger partial charge is 0.342 e. The number of halogens is 1. The highest BCUT2D eigenvalue weighted by Gasteiger charge is 2.35. The minimum atomic E-state index is -0.461. The van der Waals surface area contributed by atoms with E-state index in [1.54, 1.807) is 17.9 Å². The summed E-state index contributed by atoms with van der Waals surface area (Å²) in [5, 5.41) is 2.77. The normalized spacial score (nSPS) is 20.4. The monoisotopic (exact) mass is 292 g/mol. The fraction of sp³-hybridized carbons (Fsp3) is 0.500. The SMILES string of the molecule is CCC(C)C1NC(=O)CN(Cc2ccc(F)cc2C)C1=O. The summed E-state index contributed by atoms with van der Waals surface area (Å²) in [6.45, 7) is 6.15. The summed E-state index contributed by atoms with van der Waals surface area (Å²) in [5.74, 6) is -0.401. The van der Waals surface area contributed by atoms with Gasteiger partial charge in [0.25, 0.3) is 0 Å². The van der Waals surface area contributed by atoms with Gasteiger partial charge in [0.05, 0.1) is 6.54 Å². The first kappa shape index (κ1) is 15.5. The number of aryl methyl sites for hydroxylation is 1. The van der Waals surface area contributed by atoms with E-state index < -0.39 is 6.04 Å². The lowest BCUT2D eigenvalue weighted by atomic mass is 9.95. The van der Waals surface area contributed by atoms with Gasteiger partial charge in [0, 0.05) is 6.54 Å². The average molecular weight is 292 g/mol. The van der Waals surface area contributed by atoms with Crippen LogP contribution >= 0.6 is 0 Å². The summed E-state index contributed by atoms with van der Waals surface area (Å²) >= 11 is 0. The number of hydrogen-bond donors (Lipinski definition) is 1. The molecule has 0 aliphatic carbocycles. The Balaban J connectivity index is 2.18. The van der Waals surface area contributed by atoms with Gasteiger partial charge in [-0.1, -0.05) is 26.3 Å². The third-order valence-electron chi connectivity index (χ3n) is 4.11. The lowest BCUT2D eigenvalue weighted by Gasteiger charge is -2.35. The van der Waals surface area contributed by atoms with E-state index in [9.17, 15) is 14.0 Å². The zero-order valence-electron chi connectivity index (χ0n) is 12.6. The van der Waals surface area contributed by atoms with Crippen molar-refractivity contribution in [1.82, 2.24) is 10.2 Å². The molecule has 0 aromatic heterocycles. The highest BCUT2D eigenvalue weighted by molar-refractivity contribution is 5.95. The van der Waals surface area contributed by atoms with Crippen LogP contribution in [0.25, 0.3) is 0 Å². The summed E-state index contributed by atoms with van der Waals surface area (Å²) in [4.78, 5) is 25.9. The van der Waals surface area contributed by atoms with Crippen molar-refractivity contribution >= 4 is 11.8 Å². The van der Waals surface area contributed by atoms with Crippen LogP contribution in [0.3, 0.4) is 0 Å². The summed E-state index contributed by atoms with van der Waals surface area (Å²) in [6.07, 6.45) is 0.820. The Morgan fingerprint density at radius 1 is 1.43 bits per heavy atom. The third kappa shape index (κ3) is 3.40. The van der Waals surface area contributed by atoms with Crippen molar-refractivity contribution in [1.29, 1.82) is 0 Å². The van der Waals surface area contributed by atoms with Crippen molar-refractivity contribution in [3.63, 3.8) is 0 Å². The topological polar surface area (TPSA) is 49.4 Å². The highest BCUT2D eigenvalue weighted by atomic mass is 19.1. The van der Waals surface area contributed by atoms with Crippen molar-refractivity contribution < 1.29 is 14.0 Å². The first-order chi connectivity index (χ1) is 9.92. The summed E-state index contributed by atoms with van der Waals surface area (Å²) in [7, 11) is 0. The van der Waals surface area contributed by atoms with Gasteiger partial charge in [-0.3, -0.25) is 9.59 Å². The van der Waals surface area contributed by atoms with E-state index in [4.69, 9.17) is 0 Å². The molecule has 1 aliphatic heterocycles. The van der Waals surface area contributed by atoms with Crippen molar-refractivity contribution in [3.05, 3.63) is 35.1 Å². The molecule has 1 aliphatic rings. The molecule has 1 saturated heterocycles. The van der Waals surface area contributed by atoms with Crippen LogP contribution in [-0.2, 0) is 16.1 Å². The molecule has 21 heavy (non-hydrogen) atoms. The van der Waals surface area contributed by atoms with E-state index in [-0.39, 0.29) is 30.1 Å². The van der Waals surface area contributed by atoms with Crippen LogP contribution in [0.2, 0.25) is 0 Å². The molecular weight excluding hydrogens is 271 g/mol. The zero-order valence-corrected chi connectivity index (χ0v) is 12.6. The van der Waals surface area contributed by atoms with Gasteiger partial charge in [-0.25, -0.2) is 4.39 Å². The molecule has 0 spiro atoms. The van der Waals surface area contributed by atoms with Crippen molar-refractivity contribution in [3.8, 4) is 0 Å². The molecule has 2 amide bonds. The Hall–Kier alpha value is -1.91. The maximum absolute atomic E-state index is 13.1. The number of carbonyl (C=O) groups excluding carboxylic acids is 2. The lowest BCUT2D eigenvalue weighted by Crippen LogP contribution is -2.59. The van der Waals surface area contributed by atoms with Crippen LogP contribution in [0, 0.1) is 18.7 Å². The number of nitrogens with one attached hydrogen (secondary N) is 1. The number of amides is 2. The molecule has 2 atom stereocenters. The number of piperazine rings is 1. The standard InChI is InChI=1S/C16H21FN2O2/c1-4-10(2)15-16(21)19(9-14(20)18-15)8-12-5-6-13(17)7-11(12)3/h5-7,10,15H,4,8-9H2,1-3H3,(H,18,20). The van der Waals surface area contributed by atoms with Crippen LogP contribution in [-0.4, -0.2) is 29.3 Å². The highest BCUT2D eigenvalue weighted by Crippen LogP contribution is 2.18. The summed E-state index contributed by atoms with van der Waals surface area (Å²) < 4.78 is 13.1. The number of benzene rings is 1. The zero-order chi connectivity index (χ0) is 15.6. The molecule has 1 aromatic carbocycles. The average Bonchev–Trinajstić information content (AvgIpc) is 2.44. The Labute approximate surface area is 124 Å². The molecule has 4 nitrogen and oxygen atoms in total.